The molecule has 1 heterocycles. The first-order chi connectivity index (χ1) is 9.24. The number of para-hydroxylation sites is 2. The van der Waals surface area contributed by atoms with Crippen LogP contribution in [0.25, 0.3) is 11.0 Å². The van der Waals surface area contributed by atoms with Crippen LogP contribution in [0.5, 0.6) is 0 Å². The van der Waals surface area contributed by atoms with Gasteiger partial charge in [-0.25, -0.2) is 4.98 Å². The normalized spacial score (nSPS) is 11.5. The third kappa shape index (κ3) is 2.44. The predicted molar refractivity (Wildman–Crippen MR) is 82.1 cm³/mol. The zero-order chi connectivity index (χ0) is 13.2. The Balaban J connectivity index is 1.99. The van der Waals surface area contributed by atoms with Crippen molar-refractivity contribution in [3.05, 3.63) is 58.8 Å². The maximum absolute atomic E-state index is 4.55. The second kappa shape index (κ2) is 4.97. The minimum Gasteiger partial charge on any atom is -0.326 e. The molecule has 0 aliphatic heterocycles. The van der Waals surface area contributed by atoms with Crippen LogP contribution in [0.3, 0.4) is 0 Å². The van der Waals surface area contributed by atoms with Gasteiger partial charge in [-0.05, 0) is 30.3 Å². The van der Waals surface area contributed by atoms with Crippen molar-refractivity contribution in [3.63, 3.8) is 0 Å². The quantitative estimate of drug-likeness (QED) is 0.655. The Morgan fingerprint density at radius 1 is 1.16 bits per heavy atom. The van der Waals surface area contributed by atoms with Crippen molar-refractivity contribution < 1.29 is 0 Å². The summed E-state index contributed by atoms with van der Waals surface area (Å²) < 4.78 is 3.06. The number of aryl methyl sites for hydroxylation is 1. The van der Waals surface area contributed by atoms with Crippen LogP contribution < -0.4 is 0 Å². The molecular formula is C15H12BrN3. The minimum absolute atomic E-state index is 0.848. The molecular weight excluding hydrogens is 302 g/mol. The molecule has 3 nitrogen and oxygen atoms in total. The molecule has 0 unspecified atom stereocenters. The molecule has 19 heavy (non-hydrogen) atoms. The summed E-state index contributed by atoms with van der Waals surface area (Å²) in [6, 6.07) is 15.9. The zero-order valence-corrected chi connectivity index (χ0v) is 12.0. The lowest BCUT2D eigenvalue weighted by Gasteiger charge is -1.97. The third-order valence-electron chi connectivity index (χ3n) is 2.96. The number of rotatable bonds is 2. The van der Waals surface area contributed by atoms with Crippen LogP contribution in [-0.2, 0) is 7.05 Å². The second-order valence-corrected chi connectivity index (χ2v) is 5.17. The van der Waals surface area contributed by atoms with Gasteiger partial charge in [-0.15, -0.1) is 0 Å². The molecule has 0 fully saturated rings. The highest BCUT2D eigenvalue weighted by Gasteiger charge is 2.04. The van der Waals surface area contributed by atoms with Gasteiger partial charge in [0.2, 0.25) is 0 Å². The maximum atomic E-state index is 4.55. The standard InChI is InChI=1S/C15H12BrN3/c1-19-14-8-3-2-7-13(14)18-15(19)10-17-12-6-4-5-11(16)9-12/h2-10H,1H3. The molecule has 0 radical (unpaired) electrons. The lowest BCUT2D eigenvalue weighted by molar-refractivity contribution is 0.935. The highest BCUT2D eigenvalue weighted by atomic mass is 79.9. The van der Waals surface area contributed by atoms with E-state index in [0.717, 1.165) is 27.0 Å². The largest absolute Gasteiger partial charge is 0.326 e. The highest BCUT2D eigenvalue weighted by molar-refractivity contribution is 9.10. The van der Waals surface area contributed by atoms with E-state index in [-0.39, 0.29) is 0 Å². The SMILES string of the molecule is Cn1c(C=Nc2cccc(Br)c2)nc2ccccc21. The van der Waals surface area contributed by atoms with Crippen LogP contribution in [-0.4, -0.2) is 15.8 Å². The third-order valence-corrected chi connectivity index (χ3v) is 3.45. The zero-order valence-electron chi connectivity index (χ0n) is 10.4. The number of aliphatic imine (C=N–C) groups is 1. The van der Waals surface area contributed by atoms with Gasteiger partial charge in [0, 0.05) is 11.5 Å². The van der Waals surface area contributed by atoms with E-state index in [4.69, 9.17) is 0 Å². The van der Waals surface area contributed by atoms with Gasteiger partial charge < -0.3 is 4.57 Å². The van der Waals surface area contributed by atoms with Gasteiger partial charge in [-0.2, -0.15) is 0 Å². The smallest absolute Gasteiger partial charge is 0.152 e. The molecule has 1 aromatic heterocycles. The van der Waals surface area contributed by atoms with Crippen molar-refractivity contribution in [3.8, 4) is 0 Å². The highest BCUT2D eigenvalue weighted by Crippen LogP contribution is 2.19. The number of aromatic nitrogens is 2. The second-order valence-electron chi connectivity index (χ2n) is 4.26. The van der Waals surface area contributed by atoms with Crippen LogP contribution in [0, 0.1) is 0 Å². The van der Waals surface area contributed by atoms with Gasteiger partial charge in [0.25, 0.3) is 0 Å². The summed E-state index contributed by atoms with van der Waals surface area (Å²) in [5.74, 6) is 0.848. The van der Waals surface area contributed by atoms with E-state index in [2.05, 4.69) is 32.0 Å². The average molecular weight is 314 g/mol. The average Bonchev–Trinajstić information content (AvgIpc) is 2.74. The Morgan fingerprint density at radius 3 is 2.79 bits per heavy atom. The minimum atomic E-state index is 0.848. The van der Waals surface area contributed by atoms with E-state index >= 15 is 0 Å². The Morgan fingerprint density at radius 2 is 2.00 bits per heavy atom. The van der Waals surface area contributed by atoms with E-state index in [1.165, 1.54) is 0 Å². The first-order valence-electron chi connectivity index (χ1n) is 5.95. The Kier molecular flexibility index (Phi) is 3.17. The fourth-order valence-electron chi connectivity index (χ4n) is 1.97. The van der Waals surface area contributed by atoms with Crippen molar-refractivity contribution in [1.29, 1.82) is 0 Å². The number of hydrogen-bond acceptors (Lipinski definition) is 2. The van der Waals surface area contributed by atoms with Crippen LogP contribution in [0.4, 0.5) is 5.69 Å². The summed E-state index contributed by atoms with van der Waals surface area (Å²) in [6.07, 6.45) is 1.79. The van der Waals surface area contributed by atoms with Gasteiger partial charge >= 0.3 is 0 Å². The summed E-state index contributed by atoms with van der Waals surface area (Å²) in [7, 11) is 2.00. The molecule has 0 saturated carbocycles. The monoisotopic (exact) mass is 313 g/mol. The number of imidazole rings is 1. The topological polar surface area (TPSA) is 30.2 Å². The molecule has 0 saturated heterocycles. The molecule has 0 N–H and O–H groups in total. The summed E-state index contributed by atoms with van der Waals surface area (Å²) in [5, 5.41) is 0. The summed E-state index contributed by atoms with van der Waals surface area (Å²) in [4.78, 5) is 9.01. The number of hydrogen-bond donors (Lipinski definition) is 0. The molecule has 4 heteroatoms. The van der Waals surface area contributed by atoms with E-state index < -0.39 is 0 Å². The molecule has 0 aliphatic carbocycles. The molecule has 3 rings (SSSR count). The first kappa shape index (κ1) is 12.1. The van der Waals surface area contributed by atoms with E-state index in [1.54, 1.807) is 6.21 Å². The van der Waals surface area contributed by atoms with E-state index in [1.807, 2.05) is 54.1 Å². The van der Waals surface area contributed by atoms with Crippen LogP contribution >= 0.6 is 15.9 Å². The molecule has 0 amide bonds. The van der Waals surface area contributed by atoms with Gasteiger partial charge in [-0.1, -0.05) is 34.1 Å². The fourth-order valence-corrected chi connectivity index (χ4v) is 2.36. The number of halogens is 1. The predicted octanol–water partition coefficient (Wildman–Crippen LogP) is 4.09. The van der Waals surface area contributed by atoms with Gasteiger partial charge in [0.1, 0.15) is 0 Å². The van der Waals surface area contributed by atoms with Gasteiger partial charge in [0.15, 0.2) is 5.82 Å². The van der Waals surface area contributed by atoms with Crippen LogP contribution in [0.1, 0.15) is 5.82 Å². The van der Waals surface area contributed by atoms with Crippen LogP contribution in [0.2, 0.25) is 0 Å². The van der Waals surface area contributed by atoms with E-state index in [9.17, 15) is 0 Å². The lowest BCUT2D eigenvalue weighted by Crippen LogP contribution is -1.95. The number of nitrogens with zero attached hydrogens (tertiary/aromatic N) is 3. The Hall–Kier alpha value is -1.94. The van der Waals surface area contributed by atoms with E-state index in [0.29, 0.717) is 0 Å². The first-order valence-corrected chi connectivity index (χ1v) is 6.74. The molecule has 0 atom stereocenters. The summed E-state index contributed by atoms with van der Waals surface area (Å²) >= 11 is 3.44. The maximum Gasteiger partial charge on any atom is 0.152 e. The molecule has 0 spiro atoms. The summed E-state index contributed by atoms with van der Waals surface area (Å²) in [6.45, 7) is 0. The Labute approximate surface area is 119 Å². The van der Waals surface area contributed by atoms with Crippen molar-refractivity contribution in [2.45, 2.75) is 0 Å². The lowest BCUT2D eigenvalue weighted by atomic mass is 10.3. The molecule has 2 aromatic carbocycles. The Bertz CT molecular complexity index is 759. The molecule has 0 aliphatic rings. The van der Waals surface area contributed by atoms with Crippen LogP contribution in [0.15, 0.2) is 58.0 Å². The molecule has 0 bridgehead atoms. The fraction of sp³-hybridized carbons (Fsp3) is 0.0667. The van der Waals surface area contributed by atoms with Crippen molar-refractivity contribution in [2.24, 2.45) is 12.0 Å². The summed E-state index contributed by atoms with van der Waals surface area (Å²) in [5.41, 5.74) is 3.00. The van der Waals surface area contributed by atoms with Crippen molar-refractivity contribution in [2.75, 3.05) is 0 Å². The molecule has 3 aromatic rings. The van der Waals surface area contributed by atoms with Crippen molar-refractivity contribution in [1.82, 2.24) is 9.55 Å². The number of fused-ring (bicyclic) bond motifs is 1. The van der Waals surface area contributed by atoms with Crippen molar-refractivity contribution >= 4 is 38.9 Å². The molecule has 94 valence electrons. The number of benzene rings is 2. The van der Waals surface area contributed by atoms with Gasteiger partial charge in [0.05, 0.1) is 22.9 Å². The van der Waals surface area contributed by atoms with Gasteiger partial charge in [-0.3, -0.25) is 4.99 Å².